The van der Waals surface area contributed by atoms with Crippen LogP contribution in [0.25, 0.3) is 0 Å². The quantitative estimate of drug-likeness (QED) is 0.177. The highest BCUT2D eigenvalue weighted by atomic mass is 32.2. The molecule has 0 N–H and O–H groups in total. The Kier molecular flexibility index (Phi) is 11.0. The van der Waals surface area contributed by atoms with Crippen LogP contribution in [0.4, 0.5) is 13.2 Å². The molecule has 0 saturated carbocycles. The first-order valence-electron chi connectivity index (χ1n) is 13.4. The van der Waals surface area contributed by atoms with Gasteiger partial charge in [0.2, 0.25) is 0 Å². The summed E-state index contributed by atoms with van der Waals surface area (Å²) in [7, 11) is -5.70. The van der Waals surface area contributed by atoms with Crippen molar-refractivity contribution in [3.8, 4) is 11.5 Å². The minimum atomic E-state index is -5.70. The zero-order chi connectivity index (χ0) is 27.1. The molecular formula is C28H45F3O4S. The van der Waals surface area contributed by atoms with E-state index in [0.717, 1.165) is 37.5 Å². The lowest BCUT2D eigenvalue weighted by atomic mass is 9.85. The van der Waals surface area contributed by atoms with Gasteiger partial charge in [0, 0.05) is 0 Å². The first-order valence-corrected chi connectivity index (χ1v) is 14.9. The van der Waals surface area contributed by atoms with Crippen LogP contribution < -0.4 is 8.92 Å². The molecule has 0 aliphatic carbocycles. The van der Waals surface area contributed by atoms with Gasteiger partial charge in [0.25, 0.3) is 0 Å². The Hall–Kier alpha value is -1.44. The molecule has 0 unspecified atom stereocenters. The fourth-order valence-corrected chi connectivity index (χ4v) is 5.48. The van der Waals surface area contributed by atoms with Gasteiger partial charge in [0.1, 0.15) is 17.1 Å². The molecule has 1 heterocycles. The van der Waals surface area contributed by atoms with Gasteiger partial charge in [-0.05, 0) is 80.5 Å². The number of fused-ring (bicyclic) bond motifs is 1. The Labute approximate surface area is 216 Å². The summed E-state index contributed by atoms with van der Waals surface area (Å²) in [5, 5.41) is 0. The Bertz CT molecular complexity index is 943. The van der Waals surface area contributed by atoms with Crippen LogP contribution in [-0.2, 0) is 16.5 Å². The third-order valence-electron chi connectivity index (χ3n) is 7.36. The molecule has 0 fully saturated rings. The normalized spacial score (nSPS) is 20.1. The molecule has 36 heavy (non-hydrogen) atoms. The highest BCUT2D eigenvalue weighted by Gasteiger charge is 2.48. The summed E-state index contributed by atoms with van der Waals surface area (Å²) < 4.78 is 71.4. The lowest BCUT2D eigenvalue weighted by Gasteiger charge is -2.37. The van der Waals surface area contributed by atoms with Gasteiger partial charge in [-0.15, -0.1) is 0 Å². The monoisotopic (exact) mass is 534 g/mol. The SMILES string of the molecule is Cc1cc(OS(=O)(=O)C(F)(F)F)cc2c1O[C@](C)(CCC[C@H](C)CCC[C@H](C)CCCC(C)C)CC2. The van der Waals surface area contributed by atoms with E-state index >= 15 is 0 Å². The van der Waals surface area contributed by atoms with Gasteiger partial charge in [0.15, 0.2) is 0 Å². The third-order valence-corrected chi connectivity index (χ3v) is 8.34. The first kappa shape index (κ1) is 30.8. The Morgan fingerprint density at radius 2 is 1.53 bits per heavy atom. The largest absolute Gasteiger partial charge is 0.534 e. The van der Waals surface area contributed by atoms with Crippen LogP contribution in [0.5, 0.6) is 11.5 Å². The molecule has 208 valence electrons. The fraction of sp³-hybridized carbons (Fsp3) is 0.786. The average molecular weight is 535 g/mol. The Balaban J connectivity index is 1.81. The Morgan fingerprint density at radius 3 is 2.08 bits per heavy atom. The molecule has 4 nitrogen and oxygen atoms in total. The molecule has 0 bridgehead atoms. The second kappa shape index (κ2) is 12.9. The minimum Gasteiger partial charge on any atom is -0.487 e. The van der Waals surface area contributed by atoms with Gasteiger partial charge in [-0.3, -0.25) is 0 Å². The highest BCUT2D eigenvalue weighted by molar-refractivity contribution is 7.88. The lowest BCUT2D eigenvalue weighted by Crippen LogP contribution is -2.36. The van der Waals surface area contributed by atoms with Crippen molar-refractivity contribution in [2.24, 2.45) is 17.8 Å². The molecule has 0 spiro atoms. The number of ether oxygens (including phenoxy) is 1. The summed E-state index contributed by atoms with van der Waals surface area (Å²) in [5.41, 5.74) is -4.56. The third kappa shape index (κ3) is 9.46. The molecular weight excluding hydrogens is 489 g/mol. The highest BCUT2D eigenvalue weighted by Crippen LogP contribution is 2.41. The number of hydrogen-bond donors (Lipinski definition) is 0. The van der Waals surface area contributed by atoms with Crippen LogP contribution in [0, 0.1) is 24.7 Å². The molecule has 8 heteroatoms. The number of benzene rings is 1. The summed E-state index contributed by atoms with van der Waals surface area (Å²) >= 11 is 0. The van der Waals surface area contributed by atoms with Crippen LogP contribution >= 0.6 is 0 Å². The van der Waals surface area contributed by atoms with E-state index in [1.165, 1.54) is 50.7 Å². The number of halogens is 3. The molecule has 0 radical (unpaired) electrons. The first-order chi connectivity index (χ1) is 16.6. The summed E-state index contributed by atoms with van der Waals surface area (Å²) in [5.74, 6) is 2.55. The average Bonchev–Trinajstić information content (AvgIpc) is 2.73. The van der Waals surface area contributed by atoms with Gasteiger partial charge in [0.05, 0.1) is 0 Å². The maximum Gasteiger partial charge on any atom is 0.534 e. The van der Waals surface area contributed by atoms with Crippen LogP contribution in [0.1, 0.15) is 110 Å². The predicted molar refractivity (Wildman–Crippen MR) is 139 cm³/mol. The van der Waals surface area contributed by atoms with E-state index in [2.05, 4.69) is 38.8 Å². The minimum absolute atomic E-state index is 0.334. The summed E-state index contributed by atoms with van der Waals surface area (Å²) in [6, 6.07) is 2.64. The van der Waals surface area contributed by atoms with Crippen molar-refractivity contribution in [3.05, 3.63) is 23.3 Å². The second-order valence-corrected chi connectivity index (χ2v) is 13.2. The molecule has 1 aliphatic heterocycles. The Morgan fingerprint density at radius 1 is 0.972 bits per heavy atom. The molecule has 1 aromatic carbocycles. The van der Waals surface area contributed by atoms with E-state index in [-0.39, 0.29) is 11.4 Å². The summed E-state index contributed by atoms with van der Waals surface area (Å²) in [4.78, 5) is 0. The summed E-state index contributed by atoms with van der Waals surface area (Å²) in [6.45, 7) is 13.0. The number of hydrogen-bond acceptors (Lipinski definition) is 4. The van der Waals surface area contributed by atoms with Gasteiger partial charge < -0.3 is 8.92 Å². The topological polar surface area (TPSA) is 52.6 Å². The fourth-order valence-electron chi connectivity index (χ4n) is 5.04. The molecule has 1 aliphatic rings. The summed E-state index contributed by atoms with van der Waals surface area (Å²) in [6.07, 6.45) is 12.2. The van der Waals surface area contributed by atoms with E-state index in [1.807, 2.05) is 0 Å². The van der Waals surface area contributed by atoms with Crippen molar-refractivity contribution < 1.29 is 30.5 Å². The van der Waals surface area contributed by atoms with E-state index in [0.29, 0.717) is 29.2 Å². The van der Waals surface area contributed by atoms with E-state index < -0.39 is 15.6 Å². The number of aryl methyl sites for hydroxylation is 2. The molecule has 0 aromatic heterocycles. The van der Waals surface area contributed by atoms with Crippen LogP contribution in [-0.4, -0.2) is 19.5 Å². The van der Waals surface area contributed by atoms with Crippen LogP contribution in [0.2, 0.25) is 0 Å². The van der Waals surface area contributed by atoms with Crippen molar-refractivity contribution in [3.63, 3.8) is 0 Å². The molecule has 1 aromatic rings. The molecule has 0 saturated heterocycles. The van der Waals surface area contributed by atoms with E-state index in [9.17, 15) is 21.6 Å². The zero-order valence-corrected chi connectivity index (χ0v) is 23.7. The smallest absolute Gasteiger partial charge is 0.487 e. The predicted octanol–water partition coefficient (Wildman–Crippen LogP) is 8.75. The molecule has 0 amide bonds. The lowest BCUT2D eigenvalue weighted by molar-refractivity contribution is -0.0500. The van der Waals surface area contributed by atoms with Gasteiger partial charge >= 0.3 is 15.6 Å². The molecule has 3 atom stereocenters. The van der Waals surface area contributed by atoms with Crippen molar-refractivity contribution in [2.75, 3.05) is 0 Å². The maximum atomic E-state index is 12.7. The van der Waals surface area contributed by atoms with Gasteiger partial charge in [-0.25, -0.2) is 0 Å². The van der Waals surface area contributed by atoms with Crippen molar-refractivity contribution >= 4 is 10.1 Å². The van der Waals surface area contributed by atoms with Crippen molar-refractivity contribution in [1.29, 1.82) is 0 Å². The zero-order valence-electron chi connectivity index (χ0n) is 22.8. The van der Waals surface area contributed by atoms with Gasteiger partial charge in [-0.2, -0.15) is 21.6 Å². The van der Waals surface area contributed by atoms with E-state index in [1.54, 1.807) is 6.92 Å². The standard InChI is InChI=1S/C28H45F3O4S/c1-20(2)10-7-11-21(3)12-8-13-22(4)14-9-16-27(6)17-15-24-19-25(18-23(5)26(24)34-27)35-36(32,33)28(29,30)31/h18-22H,7-17H2,1-6H3/t21-,22-,27-/m1/s1. The second-order valence-electron chi connectivity index (χ2n) is 11.6. The number of rotatable bonds is 14. The van der Waals surface area contributed by atoms with Crippen LogP contribution in [0.15, 0.2) is 12.1 Å². The maximum absolute atomic E-state index is 12.7. The molecule has 2 rings (SSSR count). The van der Waals surface area contributed by atoms with Crippen LogP contribution in [0.3, 0.4) is 0 Å². The number of alkyl halides is 3. The van der Waals surface area contributed by atoms with Crippen molar-refractivity contribution in [2.45, 2.75) is 123 Å². The van der Waals surface area contributed by atoms with E-state index in [4.69, 9.17) is 4.74 Å². The van der Waals surface area contributed by atoms with Gasteiger partial charge in [-0.1, -0.05) is 72.6 Å². The van der Waals surface area contributed by atoms with Crippen molar-refractivity contribution in [1.82, 2.24) is 0 Å².